The van der Waals surface area contributed by atoms with Crippen molar-refractivity contribution in [3.05, 3.63) is 0 Å². The normalized spacial score (nSPS) is 19.3. The predicted molar refractivity (Wildman–Crippen MR) is 105 cm³/mol. The molecule has 5 heteroatoms. The number of nitrogens with zero attached hydrogens (tertiary/aromatic N) is 2. The molecule has 1 aliphatic rings. The van der Waals surface area contributed by atoms with Crippen LogP contribution < -0.4 is 0 Å². The largest absolute Gasteiger partial charge is 0.466 e. The van der Waals surface area contributed by atoms with Gasteiger partial charge in [0.05, 0.1) is 12.5 Å². The molecule has 0 aromatic carbocycles. The molecule has 1 unspecified atom stereocenters. The van der Waals surface area contributed by atoms with E-state index in [1.807, 2.05) is 13.8 Å². The first kappa shape index (κ1) is 21.6. The standard InChI is InChI=1S/C19H40N2O2Si/c1-9-23-19(22)18(8)13-20-11-10-12-21(14-20)24(15(2)3,16(4)5)17(6)7/h15-18H,9-14H2,1-8H3. The Bertz CT molecular complexity index is 377. The van der Waals surface area contributed by atoms with Crippen LogP contribution in [0.1, 0.15) is 61.8 Å². The van der Waals surface area contributed by atoms with Crippen molar-refractivity contribution in [2.75, 3.05) is 32.9 Å². The fraction of sp³-hybridized carbons (Fsp3) is 0.947. The lowest BCUT2D eigenvalue weighted by Gasteiger charge is -2.54. The van der Waals surface area contributed by atoms with Gasteiger partial charge in [0, 0.05) is 19.8 Å². The fourth-order valence-electron chi connectivity index (χ4n) is 5.17. The van der Waals surface area contributed by atoms with Crippen molar-refractivity contribution in [2.24, 2.45) is 5.92 Å². The van der Waals surface area contributed by atoms with Crippen LogP contribution in [-0.2, 0) is 9.53 Å². The molecule has 1 fully saturated rings. The Labute approximate surface area is 151 Å². The summed E-state index contributed by atoms with van der Waals surface area (Å²) in [6, 6.07) is 0. The smallest absolute Gasteiger partial charge is 0.309 e. The molecule has 0 aliphatic carbocycles. The zero-order valence-electron chi connectivity index (χ0n) is 17.3. The molecule has 1 aliphatic heterocycles. The Hall–Kier alpha value is -0.393. The minimum atomic E-state index is -1.59. The minimum Gasteiger partial charge on any atom is -0.466 e. The zero-order chi connectivity index (χ0) is 18.5. The van der Waals surface area contributed by atoms with Gasteiger partial charge in [-0.25, -0.2) is 0 Å². The van der Waals surface area contributed by atoms with Gasteiger partial charge in [0.1, 0.15) is 8.24 Å². The first-order valence-electron chi connectivity index (χ1n) is 9.81. The molecular weight excluding hydrogens is 316 g/mol. The molecule has 1 saturated heterocycles. The highest BCUT2D eigenvalue weighted by Crippen LogP contribution is 2.44. The molecule has 0 bridgehead atoms. The molecular formula is C19H40N2O2Si. The molecule has 0 N–H and O–H groups in total. The zero-order valence-corrected chi connectivity index (χ0v) is 18.3. The highest BCUT2D eigenvalue weighted by Gasteiger charge is 2.48. The molecule has 0 amide bonds. The predicted octanol–water partition coefficient (Wildman–Crippen LogP) is 4.33. The lowest BCUT2D eigenvalue weighted by atomic mass is 10.1. The first-order chi connectivity index (χ1) is 11.2. The van der Waals surface area contributed by atoms with E-state index in [4.69, 9.17) is 4.74 Å². The molecule has 142 valence electrons. The van der Waals surface area contributed by atoms with Gasteiger partial charge in [-0.1, -0.05) is 48.5 Å². The van der Waals surface area contributed by atoms with Crippen LogP contribution in [0.15, 0.2) is 0 Å². The summed E-state index contributed by atoms with van der Waals surface area (Å²) in [5.41, 5.74) is 2.21. The number of rotatable bonds is 8. The molecule has 1 rings (SSSR count). The van der Waals surface area contributed by atoms with Crippen LogP contribution in [0.3, 0.4) is 0 Å². The van der Waals surface area contributed by atoms with Gasteiger partial charge in [-0.3, -0.25) is 9.69 Å². The quantitative estimate of drug-likeness (QED) is 0.479. The third-order valence-electron chi connectivity index (χ3n) is 5.82. The van der Waals surface area contributed by atoms with Gasteiger partial charge in [-0.2, -0.15) is 0 Å². The van der Waals surface area contributed by atoms with Crippen molar-refractivity contribution in [3.63, 3.8) is 0 Å². The van der Waals surface area contributed by atoms with Crippen LogP contribution >= 0.6 is 0 Å². The van der Waals surface area contributed by atoms with E-state index in [0.717, 1.165) is 36.4 Å². The second kappa shape index (κ2) is 9.34. The first-order valence-corrected chi connectivity index (χ1v) is 12.0. The lowest BCUT2D eigenvalue weighted by Crippen LogP contribution is -2.65. The number of carbonyl (C=O) groups is 1. The van der Waals surface area contributed by atoms with Gasteiger partial charge in [0.2, 0.25) is 0 Å². The van der Waals surface area contributed by atoms with Crippen molar-refractivity contribution >= 4 is 14.2 Å². The van der Waals surface area contributed by atoms with E-state index in [-0.39, 0.29) is 11.9 Å². The topological polar surface area (TPSA) is 32.8 Å². The lowest BCUT2D eigenvalue weighted by molar-refractivity contribution is -0.148. The molecule has 4 nitrogen and oxygen atoms in total. The monoisotopic (exact) mass is 356 g/mol. The maximum Gasteiger partial charge on any atom is 0.309 e. The van der Waals surface area contributed by atoms with Crippen molar-refractivity contribution < 1.29 is 9.53 Å². The number of esters is 1. The molecule has 0 saturated carbocycles. The van der Waals surface area contributed by atoms with Crippen LogP contribution in [0, 0.1) is 5.92 Å². The van der Waals surface area contributed by atoms with E-state index in [1.165, 1.54) is 13.0 Å². The number of hydrogen-bond acceptors (Lipinski definition) is 4. The maximum absolute atomic E-state index is 12.0. The van der Waals surface area contributed by atoms with E-state index in [1.54, 1.807) is 0 Å². The van der Waals surface area contributed by atoms with Gasteiger partial charge in [-0.15, -0.1) is 0 Å². The van der Waals surface area contributed by atoms with Crippen LogP contribution in [0.5, 0.6) is 0 Å². The van der Waals surface area contributed by atoms with E-state index in [9.17, 15) is 4.79 Å². The fourth-order valence-corrected chi connectivity index (χ4v) is 12.4. The van der Waals surface area contributed by atoms with Gasteiger partial charge in [0.15, 0.2) is 0 Å². The van der Waals surface area contributed by atoms with Crippen LogP contribution in [0.4, 0.5) is 0 Å². The second-order valence-corrected chi connectivity index (χ2v) is 14.2. The van der Waals surface area contributed by atoms with Crippen LogP contribution in [0.25, 0.3) is 0 Å². The summed E-state index contributed by atoms with van der Waals surface area (Å²) in [6.07, 6.45) is 1.20. The van der Waals surface area contributed by atoms with E-state index < -0.39 is 8.24 Å². The number of carbonyl (C=O) groups excluding carboxylic acids is 1. The average Bonchev–Trinajstić information content (AvgIpc) is 2.47. The SMILES string of the molecule is CCOC(=O)C(C)CN1CCCN([Si](C(C)C)(C(C)C)C(C)C)C1. The molecule has 0 aromatic heterocycles. The summed E-state index contributed by atoms with van der Waals surface area (Å²) < 4.78 is 8.01. The molecule has 0 radical (unpaired) electrons. The van der Waals surface area contributed by atoms with E-state index >= 15 is 0 Å². The van der Waals surface area contributed by atoms with Gasteiger partial charge < -0.3 is 9.30 Å². The summed E-state index contributed by atoms with van der Waals surface area (Å²) >= 11 is 0. The summed E-state index contributed by atoms with van der Waals surface area (Å²) in [7, 11) is -1.59. The summed E-state index contributed by atoms with van der Waals surface area (Å²) in [5, 5.41) is 0. The van der Waals surface area contributed by atoms with Crippen molar-refractivity contribution in [1.29, 1.82) is 0 Å². The third kappa shape index (κ3) is 4.61. The molecule has 24 heavy (non-hydrogen) atoms. The Morgan fingerprint density at radius 2 is 1.54 bits per heavy atom. The Morgan fingerprint density at radius 1 is 1.00 bits per heavy atom. The van der Waals surface area contributed by atoms with Gasteiger partial charge >= 0.3 is 5.97 Å². The van der Waals surface area contributed by atoms with Crippen molar-refractivity contribution in [3.8, 4) is 0 Å². The number of ether oxygens (including phenoxy) is 1. The number of hydrogen-bond donors (Lipinski definition) is 0. The molecule has 1 heterocycles. The van der Waals surface area contributed by atoms with Crippen LogP contribution in [-0.4, -0.2) is 56.6 Å². The average molecular weight is 357 g/mol. The van der Waals surface area contributed by atoms with Crippen molar-refractivity contribution in [1.82, 2.24) is 9.47 Å². The molecule has 0 aromatic rings. The van der Waals surface area contributed by atoms with Crippen LogP contribution in [0.2, 0.25) is 16.6 Å². The Morgan fingerprint density at radius 3 is 2.00 bits per heavy atom. The molecule has 1 atom stereocenters. The summed E-state index contributed by atoms with van der Waals surface area (Å²) in [4.78, 5) is 14.4. The Balaban J connectivity index is 2.87. The second-order valence-electron chi connectivity index (χ2n) is 8.34. The third-order valence-corrected chi connectivity index (χ3v) is 12.8. The minimum absolute atomic E-state index is 0.0434. The Kier molecular flexibility index (Phi) is 8.43. The highest BCUT2D eigenvalue weighted by atomic mass is 28.3. The maximum atomic E-state index is 12.0. The molecule has 0 spiro atoms. The summed E-state index contributed by atoms with van der Waals surface area (Å²) in [6.45, 7) is 23.0. The van der Waals surface area contributed by atoms with Gasteiger partial charge in [0.25, 0.3) is 0 Å². The van der Waals surface area contributed by atoms with E-state index in [2.05, 4.69) is 51.0 Å². The summed E-state index contributed by atoms with van der Waals surface area (Å²) in [5.74, 6) is -0.104. The van der Waals surface area contributed by atoms with E-state index in [0.29, 0.717) is 6.61 Å². The van der Waals surface area contributed by atoms with Gasteiger partial charge in [-0.05, 0) is 36.5 Å². The van der Waals surface area contributed by atoms with Crippen molar-refractivity contribution in [2.45, 2.75) is 78.4 Å². The highest BCUT2D eigenvalue weighted by molar-refractivity contribution is 6.80.